The van der Waals surface area contributed by atoms with Gasteiger partial charge in [0, 0.05) is 41.9 Å². The molecule has 3 aliphatic rings. The van der Waals surface area contributed by atoms with Crippen LogP contribution >= 0.6 is 15.9 Å². The van der Waals surface area contributed by atoms with Gasteiger partial charge in [0.2, 0.25) is 0 Å². The van der Waals surface area contributed by atoms with Crippen molar-refractivity contribution in [3.05, 3.63) is 64.0 Å². The van der Waals surface area contributed by atoms with Crippen molar-refractivity contribution in [2.75, 3.05) is 51.9 Å². The van der Waals surface area contributed by atoms with Crippen LogP contribution in [0.5, 0.6) is 11.5 Å². The highest BCUT2D eigenvalue weighted by Crippen LogP contribution is 2.37. The van der Waals surface area contributed by atoms with Crippen LogP contribution in [0.3, 0.4) is 0 Å². The predicted octanol–water partition coefficient (Wildman–Crippen LogP) is 6.21. The minimum atomic E-state index is -0.351. The van der Waals surface area contributed by atoms with Gasteiger partial charge in [-0.15, -0.1) is 0 Å². The summed E-state index contributed by atoms with van der Waals surface area (Å²) >= 11 is 3.32. The van der Waals surface area contributed by atoms with E-state index in [1.165, 1.54) is 12.5 Å². The Hall–Kier alpha value is -2.42. The summed E-state index contributed by atoms with van der Waals surface area (Å²) in [6, 6.07) is 8.96. The molecule has 0 aromatic heterocycles. The van der Waals surface area contributed by atoms with Gasteiger partial charge in [-0.3, -0.25) is 0 Å². The van der Waals surface area contributed by atoms with Crippen LogP contribution in [0.4, 0.5) is 10.1 Å². The number of benzene rings is 2. The standard InChI is InChI=1S/C29H35BrFN3O3/c1-19-5-3-9-32-29(33-26-7-6-22(30)13-25(26)31)24-15-28(27(35-2)14-23(19)24)37-12-4-10-34-11-8-20-17-36-18-21(20)16-34/h3,6-7,9,13-15,19-21H,4-5,8,10-12,16-18H2,1-2H3,(H,32,33). The largest absolute Gasteiger partial charge is 0.493 e. The molecule has 3 heterocycles. The summed E-state index contributed by atoms with van der Waals surface area (Å²) in [4.78, 5) is 7.17. The molecule has 3 unspecified atom stereocenters. The molecule has 6 nitrogen and oxygen atoms in total. The molecule has 2 aromatic carbocycles. The Morgan fingerprint density at radius 2 is 2.05 bits per heavy atom. The molecular formula is C29H35BrFN3O3. The Kier molecular flexibility index (Phi) is 8.47. The van der Waals surface area contributed by atoms with Crippen LogP contribution in [0.1, 0.15) is 43.2 Å². The van der Waals surface area contributed by atoms with Crippen molar-refractivity contribution in [3.8, 4) is 11.5 Å². The van der Waals surface area contributed by atoms with Gasteiger partial charge in [-0.05, 0) is 73.5 Å². The summed E-state index contributed by atoms with van der Waals surface area (Å²) in [6.45, 7) is 7.86. The molecule has 198 valence electrons. The topological polar surface area (TPSA) is 55.3 Å². The number of rotatable bonds is 7. The van der Waals surface area contributed by atoms with E-state index in [9.17, 15) is 4.39 Å². The Morgan fingerprint density at radius 3 is 2.89 bits per heavy atom. The Labute approximate surface area is 227 Å². The van der Waals surface area contributed by atoms with Crippen LogP contribution in [-0.4, -0.2) is 57.3 Å². The van der Waals surface area contributed by atoms with E-state index < -0.39 is 0 Å². The number of hydrogen-bond donors (Lipinski definition) is 1. The Bertz CT molecular complexity index is 1170. The number of halogens is 2. The van der Waals surface area contributed by atoms with Gasteiger partial charge in [0.25, 0.3) is 0 Å². The van der Waals surface area contributed by atoms with E-state index in [2.05, 4.69) is 38.1 Å². The number of hydrogen-bond acceptors (Lipinski definition) is 6. The van der Waals surface area contributed by atoms with E-state index in [1.54, 1.807) is 25.4 Å². The monoisotopic (exact) mass is 571 g/mol. The third kappa shape index (κ3) is 6.19. The fourth-order valence-electron chi connectivity index (χ4n) is 5.48. The molecule has 2 aromatic rings. The number of nitrogens with zero attached hydrogens (tertiary/aromatic N) is 2. The SMILES string of the molecule is COc1cc2c(cc1OCCCN1CCC3COCC3C1)C(Nc1ccc(Br)cc1F)=NC=CCC2C. The average molecular weight is 573 g/mol. The Balaban J connectivity index is 1.32. The smallest absolute Gasteiger partial charge is 0.161 e. The number of anilines is 1. The molecule has 3 atom stereocenters. The average Bonchev–Trinajstić information content (AvgIpc) is 3.36. The first kappa shape index (κ1) is 26.2. The van der Waals surface area contributed by atoms with Crippen molar-refractivity contribution in [1.29, 1.82) is 0 Å². The summed E-state index contributed by atoms with van der Waals surface area (Å²) in [5.41, 5.74) is 2.33. The van der Waals surface area contributed by atoms with Crippen LogP contribution in [0.25, 0.3) is 0 Å². The highest BCUT2D eigenvalue weighted by Gasteiger charge is 2.33. The van der Waals surface area contributed by atoms with Crippen molar-refractivity contribution in [3.63, 3.8) is 0 Å². The number of aliphatic imine (C=N–C) groups is 1. The number of likely N-dealkylation sites (tertiary alicyclic amines) is 1. The number of allylic oxidation sites excluding steroid dienone is 1. The maximum Gasteiger partial charge on any atom is 0.161 e. The number of nitrogens with one attached hydrogen (secondary N) is 1. The second-order valence-corrected chi connectivity index (χ2v) is 11.1. The van der Waals surface area contributed by atoms with Crippen LogP contribution < -0.4 is 14.8 Å². The lowest BCUT2D eigenvalue weighted by Crippen LogP contribution is -2.40. The molecule has 0 spiro atoms. The van der Waals surface area contributed by atoms with Crippen LogP contribution in [0.15, 0.2) is 52.1 Å². The second kappa shape index (κ2) is 12.0. The molecule has 0 radical (unpaired) electrons. The first-order valence-electron chi connectivity index (χ1n) is 13.1. The molecule has 2 saturated heterocycles. The minimum Gasteiger partial charge on any atom is -0.493 e. The van der Waals surface area contributed by atoms with E-state index in [-0.39, 0.29) is 11.7 Å². The first-order valence-corrected chi connectivity index (χ1v) is 13.9. The lowest BCUT2D eigenvalue weighted by molar-refractivity contribution is 0.138. The third-order valence-corrected chi connectivity index (χ3v) is 8.11. The second-order valence-electron chi connectivity index (χ2n) is 10.2. The van der Waals surface area contributed by atoms with Crippen LogP contribution in [-0.2, 0) is 4.74 Å². The van der Waals surface area contributed by atoms with Crippen molar-refractivity contribution >= 4 is 27.5 Å². The molecule has 1 N–H and O–H groups in total. The van der Waals surface area contributed by atoms with Gasteiger partial charge in [-0.2, -0.15) is 0 Å². The maximum atomic E-state index is 14.6. The summed E-state index contributed by atoms with van der Waals surface area (Å²) in [5.74, 6) is 3.26. The normalized spacial score (nSPS) is 23.5. The lowest BCUT2D eigenvalue weighted by atomic mass is 9.89. The molecule has 0 aliphatic carbocycles. The molecule has 3 aliphatic heterocycles. The van der Waals surface area contributed by atoms with Gasteiger partial charge in [0.1, 0.15) is 11.7 Å². The molecule has 2 fully saturated rings. The van der Waals surface area contributed by atoms with Crippen LogP contribution in [0, 0.1) is 17.7 Å². The molecule has 5 rings (SSSR count). The van der Waals surface area contributed by atoms with E-state index in [4.69, 9.17) is 14.2 Å². The van der Waals surface area contributed by atoms with E-state index in [1.807, 2.05) is 18.2 Å². The summed E-state index contributed by atoms with van der Waals surface area (Å²) in [5, 5.41) is 3.20. The molecule has 0 bridgehead atoms. The van der Waals surface area contributed by atoms with Crippen LogP contribution in [0.2, 0.25) is 0 Å². The fourth-order valence-corrected chi connectivity index (χ4v) is 5.81. The molecule has 8 heteroatoms. The molecule has 0 amide bonds. The number of methoxy groups -OCH3 is 1. The minimum absolute atomic E-state index is 0.235. The van der Waals surface area contributed by atoms with Gasteiger partial charge in [-0.25, -0.2) is 9.38 Å². The van der Waals surface area contributed by atoms with Gasteiger partial charge in [0.05, 0.1) is 26.0 Å². The van der Waals surface area contributed by atoms with Gasteiger partial charge >= 0.3 is 0 Å². The molecule has 37 heavy (non-hydrogen) atoms. The van der Waals surface area contributed by atoms with Gasteiger partial charge in [0.15, 0.2) is 11.5 Å². The van der Waals surface area contributed by atoms with Crippen molar-refractivity contribution in [2.24, 2.45) is 16.8 Å². The van der Waals surface area contributed by atoms with Crippen molar-refractivity contribution < 1.29 is 18.6 Å². The van der Waals surface area contributed by atoms with Gasteiger partial charge in [-0.1, -0.05) is 28.9 Å². The fraction of sp³-hybridized carbons (Fsp3) is 0.483. The number of piperidine rings is 1. The lowest BCUT2D eigenvalue weighted by Gasteiger charge is -2.33. The zero-order chi connectivity index (χ0) is 25.8. The number of ether oxygens (including phenoxy) is 3. The highest BCUT2D eigenvalue weighted by atomic mass is 79.9. The maximum absolute atomic E-state index is 14.6. The first-order chi connectivity index (χ1) is 18.0. The predicted molar refractivity (Wildman–Crippen MR) is 148 cm³/mol. The zero-order valence-corrected chi connectivity index (χ0v) is 23.1. The van der Waals surface area contributed by atoms with E-state index in [0.29, 0.717) is 40.0 Å². The highest BCUT2D eigenvalue weighted by molar-refractivity contribution is 9.10. The van der Waals surface area contributed by atoms with Crippen molar-refractivity contribution in [2.45, 2.75) is 32.1 Å². The summed E-state index contributed by atoms with van der Waals surface area (Å²) in [7, 11) is 1.67. The summed E-state index contributed by atoms with van der Waals surface area (Å²) < 4.78 is 33.0. The van der Waals surface area contributed by atoms with Gasteiger partial charge < -0.3 is 24.4 Å². The van der Waals surface area contributed by atoms with Crippen molar-refractivity contribution in [1.82, 2.24) is 4.90 Å². The quantitative estimate of drug-likeness (QED) is 0.400. The Morgan fingerprint density at radius 1 is 1.19 bits per heavy atom. The third-order valence-electron chi connectivity index (χ3n) is 7.62. The number of fused-ring (bicyclic) bond motifs is 2. The molecular weight excluding hydrogens is 537 g/mol. The number of amidine groups is 1. The zero-order valence-electron chi connectivity index (χ0n) is 21.5. The van der Waals surface area contributed by atoms with E-state index in [0.717, 1.165) is 62.7 Å². The summed E-state index contributed by atoms with van der Waals surface area (Å²) in [6.07, 6.45) is 6.82. The van der Waals surface area contributed by atoms with E-state index >= 15 is 0 Å². The molecule has 0 saturated carbocycles.